The highest BCUT2D eigenvalue weighted by Crippen LogP contribution is 2.36. The number of hydrogen-bond acceptors (Lipinski definition) is 2. The zero-order valence-electron chi connectivity index (χ0n) is 11.7. The summed E-state index contributed by atoms with van der Waals surface area (Å²) in [6.07, 6.45) is 1.94. The zero-order chi connectivity index (χ0) is 15.6. The standard InChI is InChI=1S/C15H17ClFNO3/c1-2-7-15(14(20)21)8-4-9-18(15)13(19)12-10(16)5-3-6-11(12)17/h3,5-6H,2,4,7-9H2,1H3,(H,20,21). The van der Waals surface area contributed by atoms with Gasteiger partial charge in [0, 0.05) is 6.54 Å². The number of halogens is 2. The zero-order valence-corrected chi connectivity index (χ0v) is 12.5. The second-order valence-corrected chi connectivity index (χ2v) is 5.65. The molecule has 1 fully saturated rings. The van der Waals surface area contributed by atoms with Crippen molar-refractivity contribution < 1.29 is 19.1 Å². The fourth-order valence-corrected chi connectivity index (χ4v) is 3.26. The fraction of sp³-hybridized carbons (Fsp3) is 0.467. The SMILES string of the molecule is CCCC1(C(=O)O)CCCN1C(=O)c1c(F)cccc1Cl. The van der Waals surface area contributed by atoms with Crippen LogP contribution in [0.2, 0.25) is 5.02 Å². The van der Waals surface area contributed by atoms with E-state index in [-0.39, 0.29) is 10.6 Å². The van der Waals surface area contributed by atoms with Crippen molar-refractivity contribution in [3.63, 3.8) is 0 Å². The number of rotatable bonds is 4. The predicted octanol–water partition coefficient (Wildman–Crippen LogP) is 3.34. The molecule has 1 atom stereocenters. The molecule has 1 aromatic carbocycles. The van der Waals surface area contributed by atoms with Crippen LogP contribution >= 0.6 is 11.6 Å². The monoisotopic (exact) mass is 313 g/mol. The molecule has 0 bridgehead atoms. The average molecular weight is 314 g/mol. The Morgan fingerprint density at radius 2 is 2.19 bits per heavy atom. The Morgan fingerprint density at radius 1 is 1.48 bits per heavy atom. The van der Waals surface area contributed by atoms with Crippen molar-refractivity contribution in [1.29, 1.82) is 0 Å². The maximum Gasteiger partial charge on any atom is 0.329 e. The summed E-state index contributed by atoms with van der Waals surface area (Å²) in [5, 5.41) is 9.58. The number of carbonyl (C=O) groups excluding carboxylic acids is 1. The molecule has 1 N–H and O–H groups in total. The number of carbonyl (C=O) groups is 2. The van der Waals surface area contributed by atoms with Crippen LogP contribution in [0.5, 0.6) is 0 Å². The lowest BCUT2D eigenvalue weighted by Crippen LogP contribution is -2.53. The lowest BCUT2D eigenvalue weighted by molar-refractivity contribution is -0.148. The van der Waals surface area contributed by atoms with E-state index in [9.17, 15) is 19.1 Å². The molecule has 1 unspecified atom stereocenters. The van der Waals surface area contributed by atoms with Gasteiger partial charge in [0.1, 0.15) is 11.4 Å². The summed E-state index contributed by atoms with van der Waals surface area (Å²) in [5.74, 6) is -2.41. The van der Waals surface area contributed by atoms with Crippen molar-refractivity contribution in [3.05, 3.63) is 34.6 Å². The van der Waals surface area contributed by atoms with Crippen LogP contribution < -0.4 is 0 Å². The maximum atomic E-state index is 13.9. The molecule has 1 aliphatic rings. The van der Waals surface area contributed by atoms with Gasteiger partial charge in [-0.3, -0.25) is 4.79 Å². The minimum Gasteiger partial charge on any atom is -0.479 e. The van der Waals surface area contributed by atoms with Gasteiger partial charge in [-0.05, 0) is 31.4 Å². The van der Waals surface area contributed by atoms with Gasteiger partial charge in [0.05, 0.1) is 10.6 Å². The highest BCUT2D eigenvalue weighted by Gasteiger charge is 2.49. The van der Waals surface area contributed by atoms with E-state index in [2.05, 4.69) is 0 Å². The van der Waals surface area contributed by atoms with Gasteiger partial charge in [-0.2, -0.15) is 0 Å². The summed E-state index contributed by atoms with van der Waals surface area (Å²) >= 11 is 5.92. The molecule has 6 heteroatoms. The molecule has 0 saturated carbocycles. The van der Waals surface area contributed by atoms with Gasteiger partial charge in [0.25, 0.3) is 5.91 Å². The maximum absolute atomic E-state index is 13.9. The number of carboxylic acids is 1. The van der Waals surface area contributed by atoms with Crippen molar-refractivity contribution in [3.8, 4) is 0 Å². The van der Waals surface area contributed by atoms with Gasteiger partial charge in [-0.15, -0.1) is 0 Å². The molecule has 0 aliphatic carbocycles. The predicted molar refractivity (Wildman–Crippen MR) is 77.0 cm³/mol. The topological polar surface area (TPSA) is 57.6 Å². The molecule has 1 aromatic rings. The van der Waals surface area contributed by atoms with E-state index in [4.69, 9.17) is 11.6 Å². The largest absolute Gasteiger partial charge is 0.479 e. The van der Waals surface area contributed by atoms with E-state index in [1.807, 2.05) is 6.92 Å². The quantitative estimate of drug-likeness (QED) is 0.927. The molecule has 114 valence electrons. The van der Waals surface area contributed by atoms with E-state index in [1.165, 1.54) is 17.0 Å². The van der Waals surface area contributed by atoms with Crippen LogP contribution in [0.1, 0.15) is 43.0 Å². The Labute approximate surface area is 127 Å². The highest BCUT2D eigenvalue weighted by atomic mass is 35.5. The number of likely N-dealkylation sites (tertiary alicyclic amines) is 1. The van der Waals surface area contributed by atoms with Crippen LogP contribution in [0.25, 0.3) is 0 Å². The van der Waals surface area contributed by atoms with Crippen LogP contribution in [-0.4, -0.2) is 34.0 Å². The minimum atomic E-state index is -1.25. The van der Waals surface area contributed by atoms with Gasteiger partial charge in [0.15, 0.2) is 0 Å². The Kier molecular flexibility index (Phi) is 4.52. The normalized spacial score (nSPS) is 21.6. The van der Waals surface area contributed by atoms with Gasteiger partial charge >= 0.3 is 5.97 Å². The van der Waals surface area contributed by atoms with Crippen LogP contribution in [0.3, 0.4) is 0 Å². The Morgan fingerprint density at radius 3 is 2.76 bits per heavy atom. The first-order valence-corrected chi connectivity index (χ1v) is 7.31. The molecule has 0 spiro atoms. The van der Waals surface area contributed by atoms with E-state index < -0.39 is 23.2 Å². The van der Waals surface area contributed by atoms with E-state index in [1.54, 1.807) is 0 Å². The van der Waals surface area contributed by atoms with Gasteiger partial charge in [-0.25, -0.2) is 9.18 Å². The molecule has 1 saturated heterocycles. The average Bonchev–Trinajstić information content (AvgIpc) is 2.84. The number of carboxylic acid groups (broad SMARTS) is 1. The van der Waals surface area contributed by atoms with Crippen LogP contribution in [-0.2, 0) is 4.79 Å². The van der Waals surface area contributed by atoms with Crippen molar-refractivity contribution >= 4 is 23.5 Å². The van der Waals surface area contributed by atoms with Crippen molar-refractivity contribution in [2.75, 3.05) is 6.54 Å². The third kappa shape index (κ3) is 2.62. The Bertz CT molecular complexity index is 558. The molecule has 4 nitrogen and oxygen atoms in total. The number of aliphatic carboxylic acids is 1. The van der Waals surface area contributed by atoms with Gasteiger partial charge in [-0.1, -0.05) is 31.0 Å². The molecule has 0 radical (unpaired) electrons. The first-order chi connectivity index (χ1) is 9.94. The lowest BCUT2D eigenvalue weighted by Gasteiger charge is -2.35. The van der Waals surface area contributed by atoms with E-state index >= 15 is 0 Å². The number of benzene rings is 1. The molecule has 21 heavy (non-hydrogen) atoms. The summed E-state index contributed by atoms with van der Waals surface area (Å²) in [4.78, 5) is 25.6. The summed E-state index contributed by atoms with van der Waals surface area (Å²) in [6.45, 7) is 2.16. The minimum absolute atomic E-state index is 0.00249. The first kappa shape index (κ1) is 15.8. The Hall–Kier alpha value is -1.62. The highest BCUT2D eigenvalue weighted by molar-refractivity contribution is 6.33. The first-order valence-electron chi connectivity index (χ1n) is 6.93. The summed E-state index contributed by atoms with van der Waals surface area (Å²) < 4.78 is 13.9. The second kappa shape index (κ2) is 6.02. The molecule has 1 amide bonds. The van der Waals surface area contributed by atoms with Crippen molar-refractivity contribution in [2.24, 2.45) is 0 Å². The number of hydrogen-bond donors (Lipinski definition) is 1. The van der Waals surface area contributed by atoms with Crippen LogP contribution in [0, 0.1) is 5.82 Å². The molecule has 0 aromatic heterocycles. The van der Waals surface area contributed by atoms with Crippen LogP contribution in [0.4, 0.5) is 4.39 Å². The van der Waals surface area contributed by atoms with Gasteiger partial charge in [0.2, 0.25) is 0 Å². The van der Waals surface area contributed by atoms with Crippen LogP contribution in [0.15, 0.2) is 18.2 Å². The van der Waals surface area contributed by atoms with E-state index in [0.717, 1.165) is 6.07 Å². The smallest absolute Gasteiger partial charge is 0.329 e. The number of amides is 1. The fourth-order valence-electron chi connectivity index (χ4n) is 3.01. The number of nitrogens with zero attached hydrogens (tertiary/aromatic N) is 1. The molecule has 1 aliphatic heterocycles. The van der Waals surface area contributed by atoms with Crippen molar-refractivity contribution in [2.45, 2.75) is 38.1 Å². The van der Waals surface area contributed by atoms with Crippen molar-refractivity contribution in [1.82, 2.24) is 4.90 Å². The lowest BCUT2D eigenvalue weighted by atomic mass is 9.90. The summed E-state index contributed by atoms with van der Waals surface area (Å²) in [7, 11) is 0. The molecular formula is C15H17ClFNO3. The molecule has 2 rings (SSSR count). The third-order valence-electron chi connectivity index (χ3n) is 3.97. The van der Waals surface area contributed by atoms with Gasteiger partial charge < -0.3 is 10.0 Å². The summed E-state index contributed by atoms with van der Waals surface area (Å²) in [6, 6.07) is 3.99. The summed E-state index contributed by atoms with van der Waals surface area (Å²) in [5.41, 5.74) is -1.50. The second-order valence-electron chi connectivity index (χ2n) is 5.24. The molecule has 1 heterocycles. The third-order valence-corrected chi connectivity index (χ3v) is 4.29. The van der Waals surface area contributed by atoms with E-state index in [0.29, 0.717) is 32.2 Å². The molecular weight excluding hydrogens is 297 g/mol. The Balaban J connectivity index is 2.44.